The van der Waals surface area contributed by atoms with E-state index in [9.17, 15) is 9.90 Å². The number of carbonyl (C=O) groups is 1. The normalized spacial score (nSPS) is 18.0. The maximum atomic E-state index is 11.9. The predicted octanol–water partition coefficient (Wildman–Crippen LogP) is 3.00. The molecule has 1 aliphatic heterocycles. The van der Waals surface area contributed by atoms with E-state index in [4.69, 9.17) is 12.2 Å². The van der Waals surface area contributed by atoms with Crippen molar-refractivity contribution in [3.8, 4) is 5.75 Å². The molecule has 0 aromatic heterocycles. The van der Waals surface area contributed by atoms with Crippen molar-refractivity contribution < 1.29 is 9.90 Å². The zero-order valence-corrected chi connectivity index (χ0v) is 14.2. The molecule has 1 unspecified atom stereocenters. The van der Waals surface area contributed by atoms with Crippen molar-refractivity contribution >= 4 is 34.6 Å². The molecule has 6 heteroatoms. The van der Waals surface area contributed by atoms with E-state index >= 15 is 0 Å². The minimum atomic E-state index is -0.158. The highest BCUT2D eigenvalue weighted by Crippen LogP contribution is 2.34. The van der Waals surface area contributed by atoms with Gasteiger partial charge in [0.25, 0.3) is 0 Å². The van der Waals surface area contributed by atoms with Gasteiger partial charge in [-0.15, -0.1) is 0 Å². The van der Waals surface area contributed by atoms with Crippen LogP contribution in [0.3, 0.4) is 0 Å². The van der Waals surface area contributed by atoms with Gasteiger partial charge < -0.3 is 21.1 Å². The van der Waals surface area contributed by atoms with Crippen molar-refractivity contribution in [2.45, 2.75) is 46.1 Å². The second kappa shape index (κ2) is 6.12. The number of anilines is 2. The molecule has 0 bridgehead atoms. The van der Waals surface area contributed by atoms with E-state index in [1.54, 1.807) is 6.07 Å². The second-order valence-electron chi connectivity index (χ2n) is 6.78. The largest absolute Gasteiger partial charge is 0.506 e. The predicted molar refractivity (Wildman–Crippen MR) is 93.3 cm³/mol. The fourth-order valence-electron chi connectivity index (χ4n) is 2.31. The van der Waals surface area contributed by atoms with E-state index in [2.05, 4.69) is 16.0 Å². The first-order valence-electron chi connectivity index (χ1n) is 7.41. The van der Waals surface area contributed by atoms with Crippen molar-refractivity contribution in [1.82, 2.24) is 5.32 Å². The summed E-state index contributed by atoms with van der Waals surface area (Å²) in [6.07, 6.45) is 1.57. The molecular weight excluding hydrogens is 298 g/mol. The number of amides is 1. The van der Waals surface area contributed by atoms with Gasteiger partial charge in [-0.3, -0.25) is 4.79 Å². The molecule has 4 N–H and O–H groups in total. The van der Waals surface area contributed by atoms with Crippen molar-refractivity contribution in [3.05, 3.63) is 17.7 Å². The van der Waals surface area contributed by atoms with Gasteiger partial charge in [0.15, 0.2) is 5.11 Å². The number of benzene rings is 1. The van der Waals surface area contributed by atoms with Gasteiger partial charge in [0.1, 0.15) is 5.75 Å². The summed E-state index contributed by atoms with van der Waals surface area (Å²) >= 11 is 5.26. The molecule has 1 aromatic carbocycles. The Balaban J connectivity index is 2.22. The van der Waals surface area contributed by atoms with Gasteiger partial charge in [0, 0.05) is 23.2 Å². The van der Waals surface area contributed by atoms with E-state index < -0.39 is 0 Å². The smallest absolute Gasteiger partial charge is 0.227 e. The van der Waals surface area contributed by atoms with E-state index in [0.29, 0.717) is 16.5 Å². The number of hydrogen-bond donors (Lipinski definition) is 4. The maximum absolute atomic E-state index is 11.9. The molecule has 1 heterocycles. The highest BCUT2D eigenvalue weighted by atomic mass is 32.1. The Kier molecular flexibility index (Phi) is 4.60. The molecule has 0 saturated carbocycles. The van der Waals surface area contributed by atoms with Crippen molar-refractivity contribution in [2.24, 2.45) is 5.92 Å². The number of rotatable bonds is 1. The monoisotopic (exact) mass is 321 g/mol. The number of aromatic hydroxyl groups is 1. The van der Waals surface area contributed by atoms with Gasteiger partial charge in [0.05, 0.1) is 5.69 Å². The van der Waals surface area contributed by atoms with Crippen molar-refractivity contribution in [2.75, 3.05) is 10.6 Å². The van der Waals surface area contributed by atoms with Crippen molar-refractivity contribution in [1.29, 1.82) is 0 Å². The third-order valence-corrected chi connectivity index (χ3v) is 3.71. The van der Waals surface area contributed by atoms with Gasteiger partial charge in [-0.2, -0.15) is 0 Å². The van der Waals surface area contributed by atoms with Crippen LogP contribution >= 0.6 is 12.2 Å². The Hall–Kier alpha value is -1.82. The number of phenols is 1. The Bertz CT molecular complexity index is 608. The first-order chi connectivity index (χ1) is 10.2. The van der Waals surface area contributed by atoms with Crippen LogP contribution in [0.15, 0.2) is 12.1 Å². The van der Waals surface area contributed by atoms with Gasteiger partial charge in [-0.25, -0.2) is 0 Å². The number of fused-ring (bicyclic) bond motifs is 1. The minimum absolute atomic E-state index is 0.0104. The van der Waals surface area contributed by atoms with Crippen LogP contribution in [0.5, 0.6) is 5.75 Å². The molecule has 1 aromatic rings. The van der Waals surface area contributed by atoms with Crippen LogP contribution in [0.1, 0.15) is 39.7 Å². The summed E-state index contributed by atoms with van der Waals surface area (Å²) in [7, 11) is 0. The fraction of sp³-hybridized carbons (Fsp3) is 0.500. The number of phenolic OH excluding ortho intramolecular Hbond substituents is 1. The van der Waals surface area contributed by atoms with E-state index in [1.807, 2.05) is 33.8 Å². The van der Waals surface area contributed by atoms with Crippen LogP contribution in [0.25, 0.3) is 0 Å². The van der Waals surface area contributed by atoms with Crippen LogP contribution in [0.2, 0.25) is 0 Å². The second-order valence-corrected chi connectivity index (χ2v) is 7.19. The Labute approximate surface area is 136 Å². The molecule has 5 nitrogen and oxygen atoms in total. The summed E-state index contributed by atoms with van der Waals surface area (Å²) in [5, 5.41) is 19.6. The number of aryl methyl sites for hydroxylation is 1. The Morgan fingerprint density at radius 2 is 2.09 bits per heavy atom. The molecule has 0 radical (unpaired) electrons. The summed E-state index contributed by atoms with van der Waals surface area (Å²) in [4.78, 5) is 11.9. The van der Waals surface area contributed by atoms with Crippen molar-refractivity contribution in [3.63, 3.8) is 0 Å². The van der Waals surface area contributed by atoms with Crippen LogP contribution in [0.4, 0.5) is 11.4 Å². The molecule has 2 rings (SSSR count). The summed E-state index contributed by atoms with van der Waals surface area (Å²) in [5.41, 5.74) is 2.06. The van der Waals surface area contributed by atoms with Crippen LogP contribution in [-0.4, -0.2) is 21.7 Å². The summed E-state index contributed by atoms with van der Waals surface area (Å²) < 4.78 is 0. The quantitative estimate of drug-likeness (QED) is 0.473. The molecule has 0 aliphatic carbocycles. The lowest BCUT2D eigenvalue weighted by atomic mass is 10.0. The lowest BCUT2D eigenvalue weighted by Gasteiger charge is -2.23. The topological polar surface area (TPSA) is 73.4 Å². The average molecular weight is 321 g/mol. The molecule has 0 fully saturated rings. The number of hydrogen-bond acceptors (Lipinski definition) is 3. The maximum Gasteiger partial charge on any atom is 0.227 e. The molecule has 1 atom stereocenters. The highest BCUT2D eigenvalue weighted by Gasteiger charge is 2.21. The Morgan fingerprint density at radius 3 is 2.73 bits per heavy atom. The van der Waals surface area contributed by atoms with E-state index in [1.165, 1.54) is 0 Å². The third-order valence-electron chi connectivity index (χ3n) is 3.51. The molecule has 1 aliphatic rings. The first-order valence-corrected chi connectivity index (χ1v) is 7.82. The lowest BCUT2D eigenvalue weighted by molar-refractivity contribution is -0.119. The molecule has 1 amide bonds. The number of thiocarbonyl (C=S) groups is 1. The molecule has 0 spiro atoms. The lowest BCUT2D eigenvalue weighted by Crippen LogP contribution is -2.42. The fourth-order valence-corrected chi connectivity index (χ4v) is 2.73. The number of carbonyl (C=O) groups excluding carboxylic acids is 1. The molecule has 0 saturated heterocycles. The van der Waals surface area contributed by atoms with E-state index in [-0.39, 0.29) is 23.1 Å². The van der Waals surface area contributed by atoms with Gasteiger partial charge in [0.2, 0.25) is 5.91 Å². The van der Waals surface area contributed by atoms with Crippen LogP contribution in [-0.2, 0) is 11.2 Å². The SMILES string of the molecule is CC1CCc2cc(NC(=S)NC(C)(C)C)c(O)cc2NC1=O. The average Bonchev–Trinajstić information content (AvgIpc) is 2.49. The minimum Gasteiger partial charge on any atom is -0.506 e. The van der Waals surface area contributed by atoms with Crippen LogP contribution in [0, 0.1) is 5.92 Å². The van der Waals surface area contributed by atoms with E-state index in [0.717, 1.165) is 18.4 Å². The number of nitrogens with one attached hydrogen (secondary N) is 3. The third kappa shape index (κ3) is 4.10. The zero-order valence-electron chi connectivity index (χ0n) is 13.4. The van der Waals surface area contributed by atoms with Crippen LogP contribution < -0.4 is 16.0 Å². The zero-order chi connectivity index (χ0) is 16.5. The molecule has 22 heavy (non-hydrogen) atoms. The Morgan fingerprint density at radius 1 is 1.41 bits per heavy atom. The first kappa shape index (κ1) is 16.5. The summed E-state index contributed by atoms with van der Waals surface area (Å²) in [5.74, 6) is 0.0185. The summed E-state index contributed by atoms with van der Waals surface area (Å²) in [6, 6.07) is 3.42. The standard InChI is InChI=1S/C16H23N3O2S/c1-9-5-6-10-7-12(18-15(22)19-16(2,3)4)13(20)8-11(10)17-14(9)21/h7-9,20H,5-6H2,1-4H3,(H,17,21)(H2,18,19,22). The van der Waals surface area contributed by atoms with Gasteiger partial charge in [-0.05, 0) is 57.5 Å². The molecular formula is C16H23N3O2S. The molecule has 120 valence electrons. The summed E-state index contributed by atoms with van der Waals surface area (Å²) in [6.45, 7) is 7.93. The van der Waals surface area contributed by atoms with Gasteiger partial charge >= 0.3 is 0 Å². The van der Waals surface area contributed by atoms with Gasteiger partial charge in [-0.1, -0.05) is 6.92 Å². The highest BCUT2D eigenvalue weighted by molar-refractivity contribution is 7.80.